The van der Waals surface area contributed by atoms with Crippen LogP contribution in [0, 0.1) is 6.92 Å². The summed E-state index contributed by atoms with van der Waals surface area (Å²) in [6, 6.07) is 5.71. The Morgan fingerprint density at radius 1 is 1.32 bits per heavy atom. The zero-order valence-electron chi connectivity index (χ0n) is 11.9. The first kappa shape index (κ1) is 15.5. The largest absolute Gasteiger partial charge is 0.478 e. The summed E-state index contributed by atoms with van der Waals surface area (Å²) in [5.74, 6) is -0.903. The predicted molar refractivity (Wildman–Crippen MR) is 76.9 cm³/mol. The maximum Gasteiger partial charge on any atom is 0.335 e. The molecule has 0 spiro atoms. The third kappa shape index (κ3) is 3.70. The average Bonchev–Trinajstić information content (AvgIpc) is 2.38. The van der Waals surface area contributed by atoms with Crippen LogP contribution in [0.25, 0.3) is 0 Å². The molecule has 1 aromatic rings. The number of carbonyl (C=O) groups is 1. The van der Waals surface area contributed by atoms with Gasteiger partial charge in [-0.1, -0.05) is 13.8 Å². The predicted octanol–water partition coefficient (Wildman–Crippen LogP) is 2.68. The van der Waals surface area contributed by atoms with Gasteiger partial charge >= 0.3 is 5.97 Å². The molecule has 0 aromatic heterocycles. The van der Waals surface area contributed by atoms with Gasteiger partial charge in [-0.05, 0) is 43.5 Å². The van der Waals surface area contributed by atoms with Crippen molar-refractivity contribution in [3.63, 3.8) is 0 Å². The topological polar surface area (TPSA) is 60.8 Å². The second kappa shape index (κ2) is 7.14. The van der Waals surface area contributed by atoms with Crippen LogP contribution in [0.3, 0.4) is 0 Å². The molecule has 0 unspecified atom stereocenters. The highest BCUT2D eigenvalue weighted by atomic mass is 16.4. The van der Waals surface area contributed by atoms with Gasteiger partial charge in [0.25, 0.3) is 0 Å². The molecular formula is C15H23NO3. The van der Waals surface area contributed by atoms with E-state index in [1.54, 1.807) is 13.0 Å². The molecule has 0 atom stereocenters. The van der Waals surface area contributed by atoms with Crippen LogP contribution in [0.1, 0.15) is 42.6 Å². The van der Waals surface area contributed by atoms with Crippen LogP contribution in [0.4, 0.5) is 5.69 Å². The molecule has 2 N–H and O–H groups in total. The fourth-order valence-electron chi connectivity index (χ4n) is 2.43. The van der Waals surface area contributed by atoms with E-state index in [9.17, 15) is 9.90 Å². The van der Waals surface area contributed by atoms with Gasteiger partial charge < -0.3 is 15.1 Å². The monoisotopic (exact) mass is 265 g/mol. The lowest BCUT2D eigenvalue weighted by molar-refractivity contribution is 0.0696. The maximum absolute atomic E-state index is 11.0. The summed E-state index contributed by atoms with van der Waals surface area (Å²) in [5, 5.41) is 18.3. The average molecular weight is 265 g/mol. The van der Waals surface area contributed by atoms with E-state index in [2.05, 4.69) is 18.7 Å². The van der Waals surface area contributed by atoms with Crippen LogP contribution in [-0.2, 0) is 0 Å². The van der Waals surface area contributed by atoms with Gasteiger partial charge in [-0.2, -0.15) is 0 Å². The van der Waals surface area contributed by atoms with E-state index in [4.69, 9.17) is 5.11 Å². The first-order valence-corrected chi connectivity index (χ1v) is 6.76. The van der Waals surface area contributed by atoms with Gasteiger partial charge in [0.15, 0.2) is 0 Å². The number of aryl methyl sites for hydroxylation is 1. The van der Waals surface area contributed by atoms with E-state index in [1.807, 2.05) is 12.1 Å². The zero-order chi connectivity index (χ0) is 14.4. The number of aliphatic hydroxyl groups is 1. The minimum atomic E-state index is -0.903. The summed E-state index contributed by atoms with van der Waals surface area (Å²) < 4.78 is 0. The van der Waals surface area contributed by atoms with Crippen LogP contribution < -0.4 is 4.90 Å². The van der Waals surface area contributed by atoms with E-state index >= 15 is 0 Å². The number of nitrogens with zero attached hydrogens (tertiary/aromatic N) is 1. The van der Waals surface area contributed by atoms with E-state index in [-0.39, 0.29) is 6.61 Å². The number of rotatable bonds is 7. The number of aromatic carboxylic acids is 1. The summed E-state index contributed by atoms with van der Waals surface area (Å²) in [7, 11) is 0. The first-order valence-electron chi connectivity index (χ1n) is 6.76. The van der Waals surface area contributed by atoms with Crippen LogP contribution in [0.5, 0.6) is 0 Å². The molecule has 0 amide bonds. The van der Waals surface area contributed by atoms with Gasteiger partial charge in [-0.15, -0.1) is 0 Å². The summed E-state index contributed by atoms with van der Waals surface area (Å²) in [6.07, 6.45) is 1.99. The quantitative estimate of drug-likeness (QED) is 0.795. The Kier molecular flexibility index (Phi) is 5.83. The van der Waals surface area contributed by atoms with Crippen molar-refractivity contribution in [1.29, 1.82) is 0 Å². The Labute approximate surface area is 114 Å². The summed E-state index contributed by atoms with van der Waals surface area (Å²) in [4.78, 5) is 13.2. The highest BCUT2D eigenvalue weighted by Gasteiger charge is 2.17. The Morgan fingerprint density at radius 3 is 2.37 bits per heavy atom. The van der Waals surface area contributed by atoms with Crippen molar-refractivity contribution in [2.75, 3.05) is 18.1 Å². The number of carboxylic acid groups (broad SMARTS) is 1. The number of hydrogen-bond donors (Lipinski definition) is 2. The second-order valence-corrected chi connectivity index (χ2v) is 4.69. The fraction of sp³-hybridized carbons (Fsp3) is 0.533. The molecular weight excluding hydrogens is 242 g/mol. The number of benzene rings is 1. The van der Waals surface area contributed by atoms with Crippen molar-refractivity contribution in [3.8, 4) is 0 Å². The standard InChI is InChI=1S/C15H23NO3/c1-4-12(5-2)16(8-9-17)13-6-7-14(15(18)19)11(3)10-13/h6-7,10,12,17H,4-5,8-9H2,1-3H3,(H,18,19). The normalized spacial score (nSPS) is 10.8. The molecule has 0 radical (unpaired) electrons. The Hall–Kier alpha value is -1.55. The number of carboxylic acids is 1. The van der Waals surface area contributed by atoms with Gasteiger partial charge in [0.1, 0.15) is 0 Å². The highest BCUT2D eigenvalue weighted by Crippen LogP contribution is 2.23. The lowest BCUT2D eigenvalue weighted by Crippen LogP contribution is -2.36. The number of hydrogen-bond acceptors (Lipinski definition) is 3. The molecule has 0 saturated heterocycles. The second-order valence-electron chi connectivity index (χ2n) is 4.69. The molecule has 0 heterocycles. The molecule has 0 fully saturated rings. The van der Waals surface area contributed by atoms with Crippen molar-refractivity contribution in [2.45, 2.75) is 39.7 Å². The van der Waals surface area contributed by atoms with Gasteiger partial charge in [0, 0.05) is 18.3 Å². The van der Waals surface area contributed by atoms with Crippen molar-refractivity contribution >= 4 is 11.7 Å². The van der Waals surface area contributed by atoms with Crippen molar-refractivity contribution in [3.05, 3.63) is 29.3 Å². The Bertz CT molecular complexity index is 427. The molecule has 0 aliphatic rings. The van der Waals surface area contributed by atoms with E-state index in [0.717, 1.165) is 24.1 Å². The van der Waals surface area contributed by atoms with Crippen molar-refractivity contribution < 1.29 is 15.0 Å². The van der Waals surface area contributed by atoms with Gasteiger partial charge in [-0.25, -0.2) is 4.79 Å². The van der Waals surface area contributed by atoms with Gasteiger partial charge in [0.2, 0.25) is 0 Å². The highest BCUT2D eigenvalue weighted by molar-refractivity contribution is 5.89. The van der Waals surface area contributed by atoms with Crippen LogP contribution in [0.15, 0.2) is 18.2 Å². The number of aliphatic hydroxyl groups excluding tert-OH is 1. The molecule has 0 aliphatic carbocycles. The summed E-state index contributed by atoms with van der Waals surface area (Å²) >= 11 is 0. The lowest BCUT2D eigenvalue weighted by Gasteiger charge is -2.32. The molecule has 0 bridgehead atoms. The molecule has 1 aromatic carbocycles. The van der Waals surface area contributed by atoms with Crippen LogP contribution in [-0.4, -0.2) is 35.4 Å². The summed E-state index contributed by atoms with van der Waals surface area (Å²) in [5.41, 5.74) is 2.06. The van der Waals surface area contributed by atoms with E-state index in [1.165, 1.54) is 0 Å². The third-order valence-electron chi connectivity index (χ3n) is 3.50. The Morgan fingerprint density at radius 2 is 1.95 bits per heavy atom. The zero-order valence-corrected chi connectivity index (χ0v) is 11.9. The van der Waals surface area contributed by atoms with Crippen LogP contribution >= 0.6 is 0 Å². The minimum absolute atomic E-state index is 0.0935. The lowest BCUT2D eigenvalue weighted by atomic mass is 10.0. The van der Waals surface area contributed by atoms with Crippen molar-refractivity contribution in [2.24, 2.45) is 0 Å². The SMILES string of the molecule is CCC(CC)N(CCO)c1ccc(C(=O)O)c(C)c1. The molecule has 1 rings (SSSR count). The molecule has 4 nitrogen and oxygen atoms in total. The Balaban J connectivity index is 3.09. The molecule has 106 valence electrons. The van der Waals surface area contributed by atoms with E-state index < -0.39 is 5.97 Å². The van der Waals surface area contributed by atoms with Gasteiger partial charge in [-0.3, -0.25) is 0 Å². The molecule has 19 heavy (non-hydrogen) atoms. The van der Waals surface area contributed by atoms with Gasteiger partial charge in [0.05, 0.1) is 12.2 Å². The fourth-order valence-corrected chi connectivity index (χ4v) is 2.43. The van der Waals surface area contributed by atoms with Crippen LogP contribution in [0.2, 0.25) is 0 Å². The number of anilines is 1. The smallest absolute Gasteiger partial charge is 0.335 e. The van der Waals surface area contributed by atoms with E-state index in [0.29, 0.717) is 18.2 Å². The third-order valence-corrected chi connectivity index (χ3v) is 3.50. The van der Waals surface area contributed by atoms with Crippen molar-refractivity contribution in [1.82, 2.24) is 0 Å². The maximum atomic E-state index is 11.0. The molecule has 0 aliphatic heterocycles. The molecule has 4 heteroatoms. The molecule has 0 saturated carbocycles. The minimum Gasteiger partial charge on any atom is -0.478 e. The first-order chi connectivity index (χ1) is 9.04. The summed E-state index contributed by atoms with van der Waals surface area (Å²) in [6.45, 7) is 6.71.